The third-order valence-electron chi connectivity index (χ3n) is 2.75. The molecule has 3 aromatic heterocycles. The van der Waals surface area contributed by atoms with Crippen molar-refractivity contribution in [3.63, 3.8) is 0 Å². The van der Waals surface area contributed by atoms with Gasteiger partial charge in [0.05, 0.1) is 17.4 Å². The fourth-order valence-corrected chi connectivity index (χ4v) is 1.92. The number of hydrogen-bond acceptors (Lipinski definition) is 4. The number of aromatic nitrogens is 5. The molecule has 0 aliphatic heterocycles. The van der Waals surface area contributed by atoms with Crippen LogP contribution in [0.3, 0.4) is 0 Å². The van der Waals surface area contributed by atoms with Crippen LogP contribution in [-0.4, -0.2) is 31.4 Å². The minimum absolute atomic E-state index is 0.182. The average molecular weight is 244 g/mol. The first kappa shape index (κ1) is 10.6. The van der Waals surface area contributed by atoms with Crippen LogP contribution in [0, 0.1) is 0 Å². The Labute approximate surface area is 102 Å². The third kappa shape index (κ3) is 1.48. The van der Waals surface area contributed by atoms with Gasteiger partial charge in [-0.1, -0.05) is 0 Å². The Balaban J connectivity index is 2.29. The van der Waals surface area contributed by atoms with Crippen LogP contribution in [-0.2, 0) is 7.05 Å². The molecular formula is C11H12N6O. The van der Waals surface area contributed by atoms with Crippen LogP contribution in [0.25, 0.3) is 16.7 Å². The van der Waals surface area contributed by atoms with Crippen molar-refractivity contribution in [3.05, 3.63) is 35.0 Å². The molecule has 3 aromatic rings. The summed E-state index contributed by atoms with van der Waals surface area (Å²) in [5, 5.41) is 6.91. The summed E-state index contributed by atoms with van der Waals surface area (Å²) in [4.78, 5) is 19.0. The molecule has 0 amide bonds. The Morgan fingerprint density at radius 3 is 2.94 bits per heavy atom. The molecule has 0 aromatic carbocycles. The quantitative estimate of drug-likeness (QED) is 0.687. The second kappa shape index (κ2) is 3.73. The lowest BCUT2D eigenvalue weighted by Crippen LogP contribution is -2.13. The van der Waals surface area contributed by atoms with Crippen molar-refractivity contribution in [2.75, 3.05) is 12.4 Å². The lowest BCUT2D eigenvalue weighted by molar-refractivity contribution is 0.767. The highest BCUT2D eigenvalue weighted by atomic mass is 16.1. The summed E-state index contributed by atoms with van der Waals surface area (Å²) in [6.07, 6.45) is 5.35. The molecular weight excluding hydrogens is 232 g/mol. The van der Waals surface area contributed by atoms with E-state index in [1.54, 1.807) is 28.6 Å². The number of hydrogen-bond donors (Lipinski definition) is 2. The Hall–Kier alpha value is -2.57. The maximum absolute atomic E-state index is 12.0. The van der Waals surface area contributed by atoms with Gasteiger partial charge in [0, 0.05) is 26.5 Å². The summed E-state index contributed by atoms with van der Waals surface area (Å²) in [5.74, 6) is 0.455. The molecule has 7 heteroatoms. The predicted molar refractivity (Wildman–Crippen MR) is 68.0 cm³/mol. The van der Waals surface area contributed by atoms with Gasteiger partial charge in [-0.05, 0) is 6.07 Å². The molecule has 18 heavy (non-hydrogen) atoms. The Kier molecular flexibility index (Phi) is 2.19. The van der Waals surface area contributed by atoms with E-state index >= 15 is 0 Å². The van der Waals surface area contributed by atoms with Crippen LogP contribution in [0.15, 0.2) is 29.5 Å². The van der Waals surface area contributed by atoms with Gasteiger partial charge in [-0.15, -0.1) is 0 Å². The fourth-order valence-electron chi connectivity index (χ4n) is 1.92. The highest BCUT2D eigenvalue weighted by Crippen LogP contribution is 2.15. The number of fused-ring (bicyclic) bond motifs is 1. The second-order valence-electron chi connectivity index (χ2n) is 3.96. The first-order valence-corrected chi connectivity index (χ1v) is 5.47. The van der Waals surface area contributed by atoms with E-state index in [-0.39, 0.29) is 5.56 Å². The summed E-state index contributed by atoms with van der Waals surface area (Å²) in [6, 6.07) is 1.80. The van der Waals surface area contributed by atoms with Gasteiger partial charge in [0.1, 0.15) is 5.52 Å². The van der Waals surface area contributed by atoms with E-state index in [1.165, 1.54) is 0 Å². The Morgan fingerprint density at radius 2 is 2.28 bits per heavy atom. The number of rotatable bonds is 2. The number of aryl methyl sites for hydroxylation is 1. The smallest absolute Gasteiger partial charge is 0.277 e. The topological polar surface area (TPSA) is 80.5 Å². The number of nitrogens with zero attached hydrogens (tertiary/aromatic N) is 4. The van der Waals surface area contributed by atoms with Crippen molar-refractivity contribution >= 4 is 17.0 Å². The van der Waals surface area contributed by atoms with Crippen LogP contribution < -0.4 is 10.9 Å². The Bertz CT molecular complexity index is 765. The minimum Gasteiger partial charge on any atom is -0.359 e. The molecule has 0 saturated heterocycles. The lowest BCUT2D eigenvalue weighted by atomic mass is 10.4. The lowest BCUT2D eigenvalue weighted by Gasteiger charge is -2.02. The van der Waals surface area contributed by atoms with Gasteiger partial charge in [-0.25, -0.2) is 4.98 Å². The summed E-state index contributed by atoms with van der Waals surface area (Å²) in [5.41, 5.74) is 1.81. The molecule has 0 unspecified atom stereocenters. The zero-order chi connectivity index (χ0) is 12.7. The van der Waals surface area contributed by atoms with Crippen LogP contribution in [0.4, 0.5) is 5.95 Å². The van der Waals surface area contributed by atoms with Crippen molar-refractivity contribution in [2.45, 2.75) is 0 Å². The molecule has 3 rings (SSSR count). The third-order valence-corrected chi connectivity index (χ3v) is 2.75. The highest BCUT2D eigenvalue weighted by molar-refractivity contribution is 5.77. The summed E-state index contributed by atoms with van der Waals surface area (Å²) in [7, 11) is 3.54. The maximum Gasteiger partial charge on any atom is 0.277 e. The maximum atomic E-state index is 12.0. The van der Waals surface area contributed by atoms with Gasteiger partial charge < -0.3 is 9.88 Å². The normalized spacial score (nSPS) is 11.0. The molecule has 0 aliphatic carbocycles. The zero-order valence-electron chi connectivity index (χ0n) is 10.0. The molecule has 2 N–H and O–H groups in total. The molecule has 0 saturated carbocycles. The van der Waals surface area contributed by atoms with E-state index in [4.69, 9.17) is 0 Å². The zero-order valence-corrected chi connectivity index (χ0v) is 10.0. The van der Waals surface area contributed by atoms with Crippen molar-refractivity contribution in [2.24, 2.45) is 7.05 Å². The summed E-state index contributed by atoms with van der Waals surface area (Å²) < 4.78 is 3.46. The summed E-state index contributed by atoms with van der Waals surface area (Å²) in [6.45, 7) is 0. The van der Waals surface area contributed by atoms with Crippen LogP contribution in [0.5, 0.6) is 0 Å². The largest absolute Gasteiger partial charge is 0.359 e. The molecule has 92 valence electrons. The van der Waals surface area contributed by atoms with Gasteiger partial charge >= 0.3 is 0 Å². The molecule has 0 aliphatic rings. The Morgan fingerprint density at radius 1 is 1.44 bits per heavy atom. The van der Waals surface area contributed by atoms with Crippen molar-refractivity contribution in [1.29, 1.82) is 0 Å². The van der Waals surface area contributed by atoms with Gasteiger partial charge in [-0.3, -0.25) is 14.5 Å². The van der Waals surface area contributed by atoms with Crippen molar-refractivity contribution in [3.8, 4) is 5.69 Å². The highest BCUT2D eigenvalue weighted by Gasteiger charge is 2.10. The minimum atomic E-state index is -0.182. The van der Waals surface area contributed by atoms with E-state index in [1.807, 2.05) is 19.4 Å². The van der Waals surface area contributed by atoms with Crippen LogP contribution in [0.2, 0.25) is 0 Å². The molecule has 0 fully saturated rings. The van der Waals surface area contributed by atoms with E-state index < -0.39 is 0 Å². The second-order valence-corrected chi connectivity index (χ2v) is 3.96. The van der Waals surface area contributed by atoms with E-state index in [0.29, 0.717) is 17.0 Å². The van der Waals surface area contributed by atoms with Crippen molar-refractivity contribution in [1.82, 2.24) is 24.3 Å². The number of anilines is 1. The van der Waals surface area contributed by atoms with E-state index in [9.17, 15) is 4.79 Å². The molecule has 0 spiro atoms. The molecule has 0 atom stereocenters. The monoisotopic (exact) mass is 244 g/mol. The van der Waals surface area contributed by atoms with Gasteiger partial charge in [0.15, 0.2) is 0 Å². The predicted octanol–water partition coefficient (Wildman–Crippen LogP) is 0.489. The van der Waals surface area contributed by atoms with Gasteiger partial charge in [0.25, 0.3) is 5.56 Å². The van der Waals surface area contributed by atoms with Crippen LogP contribution >= 0.6 is 0 Å². The molecule has 0 bridgehead atoms. The molecule has 0 radical (unpaired) electrons. The molecule has 7 nitrogen and oxygen atoms in total. The van der Waals surface area contributed by atoms with Crippen molar-refractivity contribution < 1.29 is 0 Å². The van der Waals surface area contributed by atoms with Crippen LogP contribution in [0.1, 0.15) is 0 Å². The SMILES string of the molecule is CNc1nc2ccn(-c3cnn(C)c3)c2c(=O)[nH]1. The first-order valence-electron chi connectivity index (χ1n) is 5.47. The number of nitrogens with one attached hydrogen (secondary N) is 2. The summed E-state index contributed by atoms with van der Waals surface area (Å²) >= 11 is 0. The van der Waals surface area contributed by atoms with Gasteiger partial charge in [-0.2, -0.15) is 5.10 Å². The fraction of sp³-hybridized carbons (Fsp3) is 0.182. The molecule has 3 heterocycles. The first-order chi connectivity index (χ1) is 8.69. The number of H-pyrrole nitrogens is 1. The van der Waals surface area contributed by atoms with Gasteiger partial charge in [0.2, 0.25) is 5.95 Å². The standard InChI is InChI=1S/C11H12N6O/c1-12-11-14-8-3-4-17(9(8)10(18)15-11)7-5-13-16(2)6-7/h3-6H,1-2H3,(H2,12,14,15,18). The average Bonchev–Trinajstić information content (AvgIpc) is 2.94. The number of aromatic amines is 1. The van der Waals surface area contributed by atoms with E-state index in [0.717, 1.165) is 5.69 Å². The van der Waals surface area contributed by atoms with E-state index in [2.05, 4.69) is 20.4 Å².